The topological polar surface area (TPSA) is 12.0 Å². The fraction of sp³-hybridized carbons (Fsp3) is 0.600. The largest absolute Gasteiger partial charge is 0.310 e. The summed E-state index contributed by atoms with van der Waals surface area (Å²) in [4.78, 5) is 1.60. The van der Waals surface area contributed by atoms with Crippen molar-refractivity contribution in [2.45, 2.75) is 32.2 Å². The van der Waals surface area contributed by atoms with Gasteiger partial charge in [0.2, 0.25) is 0 Å². The fourth-order valence-corrected chi connectivity index (χ4v) is 2.83. The van der Waals surface area contributed by atoms with Gasteiger partial charge in [-0.3, -0.25) is 0 Å². The van der Waals surface area contributed by atoms with E-state index >= 15 is 0 Å². The van der Waals surface area contributed by atoms with E-state index in [-0.39, 0.29) is 0 Å². The van der Waals surface area contributed by atoms with Crippen LogP contribution in [0.4, 0.5) is 0 Å². The van der Waals surface area contributed by atoms with Crippen LogP contribution < -0.4 is 5.32 Å². The summed E-state index contributed by atoms with van der Waals surface area (Å²) >= 11 is 1.91. The molecule has 1 aliphatic rings. The van der Waals surface area contributed by atoms with Crippen LogP contribution in [0.1, 0.15) is 36.2 Å². The van der Waals surface area contributed by atoms with Crippen molar-refractivity contribution in [3.05, 3.63) is 21.9 Å². The Bertz CT molecular complexity index is 254. The third kappa shape index (κ3) is 1.41. The van der Waals surface area contributed by atoms with Crippen LogP contribution in [0.15, 0.2) is 11.4 Å². The lowest BCUT2D eigenvalue weighted by Gasteiger charge is -2.23. The third-order valence-corrected chi connectivity index (χ3v) is 3.47. The van der Waals surface area contributed by atoms with Crippen molar-refractivity contribution in [2.24, 2.45) is 0 Å². The highest BCUT2D eigenvalue weighted by atomic mass is 32.1. The minimum absolute atomic E-state index is 0.644. The predicted molar refractivity (Wildman–Crippen MR) is 53.7 cm³/mol. The van der Waals surface area contributed by atoms with Crippen molar-refractivity contribution >= 4 is 11.3 Å². The lowest BCUT2D eigenvalue weighted by Crippen LogP contribution is -2.28. The Morgan fingerprint density at radius 2 is 2.58 bits per heavy atom. The van der Waals surface area contributed by atoms with Gasteiger partial charge in [-0.2, -0.15) is 0 Å². The van der Waals surface area contributed by atoms with Gasteiger partial charge in [0.05, 0.1) is 0 Å². The average molecular weight is 181 g/mol. The molecule has 2 rings (SSSR count). The molecule has 1 aromatic heterocycles. The van der Waals surface area contributed by atoms with Crippen molar-refractivity contribution in [3.8, 4) is 0 Å². The highest BCUT2D eigenvalue weighted by Gasteiger charge is 2.18. The van der Waals surface area contributed by atoms with Gasteiger partial charge in [0, 0.05) is 17.5 Å². The number of nitrogens with one attached hydrogen (secondary N) is 1. The SMILES string of the molecule is CCCC1NCCc2sccc21. The molecule has 1 atom stereocenters. The fourth-order valence-electron chi connectivity index (χ4n) is 1.88. The summed E-state index contributed by atoms with van der Waals surface area (Å²) < 4.78 is 0. The molecule has 0 radical (unpaired) electrons. The molecule has 1 aromatic rings. The van der Waals surface area contributed by atoms with E-state index in [1.54, 1.807) is 10.4 Å². The monoisotopic (exact) mass is 181 g/mol. The second-order valence-electron chi connectivity index (χ2n) is 3.34. The molecule has 0 aliphatic carbocycles. The maximum absolute atomic E-state index is 3.57. The smallest absolute Gasteiger partial charge is 0.0331 e. The molecule has 1 N–H and O–H groups in total. The second-order valence-corrected chi connectivity index (χ2v) is 4.35. The first-order valence-electron chi connectivity index (χ1n) is 4.71. The minimum Gasteiger partial charge on any atom is -0.310 e. The molecule has 2 heteroatoms. The molecule has 12 heavy (non-hydrogen) atoms. The molecular weight excluding hydrogens is 166 g/mol. The van der Waals surface area contributed by atoms with Crippen LogP contribution >= 0.6 is 11.3 Å². The normalized spacial score (nSPS) is 22.2. The summed E-state index contributed by atoms with van der Waals surface area (Å²) in [5.41, 5.74) is 1.56. The van der Waals surface area contributed by atoms with Crippen LogP contribution in [0.25, 0.3) is 0 Å². The van der Waals surface area contributed by atoms with E-state index in [4.69, 9.17) is 0 Å². The maximum Gasteiger partial charge on any atom is 0.0331 e. The van der Waals surface area contributed by atoms with Gasteiger partial charge in [0.15, 0.2) is 0 Å². The van der Waals surface area contributed by atoms with Gasteiger partial charge in [-0.1, -0.05) is 13.3 Å². The summed E-state index contributed by atoms with van der Waals surface area (Å²) in [6.07, 6.45) is 3.78. The summed E-state index contributed by atoms with van der Waals surface area (Å²) in [7, 11) is 0. The number of fused-ring (bicyclic) bond motifs is 1. The molecule has 0 aromatic carbocycles. The molecule has 66 valence electrons. The molecule has 1 aliphatic heterocycles. The minimum atomic E-state index is 0.644. The van der Waals surface area contributed by atoms with Crippen LogP contribution in [0.2, 0.25) is 0 Å². The van der Waals surface area contributed by atoms with Gasteiger partial charge < -0.3 is 5.32 Å². The van der Waals surface area contributed by atoms with Gasteiger partial charge in [0.1, 0.15) is 0 Å². The Morgan fingerprint density at radius 3 is 3.42 bits per heavy atom. The van der Waals surface area contributed by atoms with Crippen molar-refractivity contribution in [3.63, 3.8) is 0 Å². The van der Waals surface area contributed by atoms with Crippen LogP contribution in [0.5, 0.6) is 0 Å². The van der Waals surface area contributed by atoms with E-state index < -0.39 is 0 Å². The van der Waals surface area contributed by atoms with Crippen LogP contribution in [0.3, 0.4) is 0 Å². The number of rotatable bonds is 2. The molecular formula is C10H15NS. The van der Waals surface area contributed by atoms with Crippen molar-refractivity contribution in [2.75, 3.05) is 6.54 Å². The lowest BCUT2D eigenvalue weighted by atomic mass is 9.99. The van der Waals surface area contributed by atoms with E-state index in [0.29, 0.717) is 6.04 Å². The van der Waals surface area contributed by atoms with Crippen molar-refractivity contribution < 1.29 is 0 Å². The Labute approximate surface area is 77.8 Å². The Balaban J connectivity index is 2.19. The van der Waals surface area contributed by atoms with Crippen molar-refractivity contribution in [1.82, 2.24) is 5.32 Å². The highest BCUT2D eigenvalue weighted by Crippen LogP contribution is 2.29. The van der Waals surface area contributed by atoms with Crippen molar-refractivity contribution in [1.29, 1.82) is 0 Å². The molecule has 1 nitrogen and oxygen atoms in total. The van der Waals surface area contributed by atoms with Gasteiger partial charge in [-0.15, -0.1) is 11.3 Å². The van der Waals surface area contributed by atoms with Crippen LogP contribution in [0, 0.1) is 0 Å². The van der Waals surface area contributed by atoms with Crippen LogP contribution in [-0.4, -0.2) is 6.54 Å². The first-order valence-corrected chi connectivity index (χ1v) is 5.59. The number of hydrogen-bond donors (Lipinski definition) is 1. The Kier molecular flexibility index (Phi) is 2.47. The summed E-state index contributed by atoms with van der Waals surface area (Å²) in [5, 5.41) is 5.79. The standard InChI is InChI=1S/C10H15NS/c1-2-3-9-8-5-7-12-10(8)4-6-11-9/h5,7,9,11H,2-4,6H2,1H3. The number of thiophene rings is 1. The second kappa shape index (κ2) is 3.58. The number of hydrogen-bond acceptors (Lipinski definition) is 2. The third-order valence-electron chi connectivity index (χ3n) is 2.48. The quantitative estimate of drug-likeness (QED) is 0.739. The molecule has 0 fully saturated rings. The first kappa shape index (κ1) is 8.27. The van der Waals surface area contributed by atoms with E-state index in [9.17, 15) is 0 Å². The van der Waals surface area contributed by atoms with Gasteiger partial charge in [-0.05, 0) is 29.9 Å². The zero-order valence-corrected chi connectivity index (χ0v) is 8.29. The zero-order valence-electron chi connectivity index (χ0n) is 7.47. The molecule has 1 unspecified atom stereocenters. The maximum atomic E-state index is 3.57. The highest BCUT2D eigenvalue weighted by molar-refractivity contribution is 7.10. The molecule has 2 heterocycles. The lowest BCUT2D eigenvalue weighted by molar-refractivity contribution is 0.475. The molecule has 0 spiro atoms. The molecule has 0 bridgehead atoms. The van der Waals surface area contributed by atoms with Gasteiger partial charge >= 0.3 is 0 Å². The van der Waals surface area contributed by atoms with E-state index in [1.807, 2.05) is 11.3 Å². The summed E-state index contributed by atoms with van der Waals surface area (Å²) in [5.74, 6) is 0. The first-order chi connectivity index (χ1) is 5.92. The Morgan fingerprint density at radius 1 is 1.67 bits per heavy atom. The summed E-state index contributed by atoms with van der Waals surface area (Å²) in [6.45, 7) is 3.42. The zero-order chi connectivity index (χ0) is 8.39. The van der Waals surface area contributed by atoms with Gasteiger partial charge in [-0.25, -0.2) is 0 Å². The predicted octanol–water partition coefficient (Wildman–Crippen LogP) is 2.74. The van der Waals surface area contributed by atoms with Gasteiger partial charge in [0.25, 0.3) is 0 Å². The molecule has 0 saturated heterocycles. The molecule has 0 saturated carbocycles. The van der Waals surface area contributed by atoms with E-state index in [0.717, 1.165) is 6.54 Å². The van der Waals surface area contributed by atoms with E-state index in [2.05, 4.69) is 23.7 Å². The summed E-state index contributed by atoms with van der Waals surface area (Å²) in [6, 6.07) is 2.93. The van der Waals surface area contributed by atoms with E-state index in [1.165, 1.54) is 19.3 Å². The average Bonchev–Trinajstić information content (AvgIpc) is 2.53. The van der Waals surface area contributed by atoms with Crippen LogP contribution in [-0.2, 0) is 6.42 Å². The molecule has 0 amide bonds. The Hall–Kier alpha value is -0.340.